The second kappa shape index (κ2) is 8.60. The molecular weight excluding hydrogens is 336 g/mol. The number of methoxy groups -OCH3 is 1. The van der Waals surface area contributed by atoms with Crippen molar-refractivity contribution >= 4 is 46.1 Å². The van der Waals surface area contributed by atoms with E-state index in [1.54, 1.807) is 18.2 Å². The molecule has 5 N–H and O–H groups in total. The molecule has 0 aromatic heterocycles. The van der Waals surface area contributed by atoms with Crippen molar-refractivity contribution in [3.05, 3.63) is 23.2 Å². The molecule has 0 aliphatic carbocycles. The number of nitrogens with zero attached hydrogens (tertiary/aromatic N) is 1. The molecule has 0 atom stereocenters. The molecule has 0 bridgehead atoms. The number of hydrogen-bond donors (Lipinski definition) is 3. The van der Waals surface area contributed by atoms with Gasteiger partial charge in [0.2, 0.25) is 5.91 Å². The first-order valence-corrected chi connectivity index (χ1v) is 5.59. The Morgan fingerprint density at radius 3 is 2.74 bits per heavy atom. The van der Waals surface area contributed by atoms with Crippen LogP contribution in [0.2, 0.25) is 5.02 Å². The SMILES string of the molecule is Br.COc1ccc(Cl)cc1NC(=O)CCN=C(N)N. The lowest BCUT2D eigenvalue weighted by atomic mass is 10.2. The Morgan fingerprint density at radius 2 is 2.16 bits per heavy atom. The topological polar surface area (TPSA) is 103 Å². The zero-order valence-corrected chi connectivity index (χ0v) is 12.8. The highest BCUT2D eigenvalue weighted by Crippen LogP contribution is 2.27. The van der Waals surface area contributed by atoms with Crippen molar-refractivity contribution in [2.24, 2.45) is 16.5 Å². The second-order valence-corrected chi connectivity index (χ2v) is 3.89. The summed E-state index contributed by atoms with van der Waals surface area (Å²) in [6, 6.07) is 4.96. The number of amides is 1. The van der Waals surface area contributed by atoms with Gasteiger partial charge < -0.3 is 21.5 Å². The van der Waals surface area contributed by atoms with Gasteiger partial charge >= 0.3 is 0 Å². The van der Waals surface area contributed by atoms with E-state index in [0.717, 1.165) is 0 Å². The lowest BCUT2D eigenvalue weighted by Gasteiger charge is -2.10. The van der Waals surface area contributed by atoms with Crippen LogP contribution in [0.3, 0.4) is 0 Å². The van der Waals surface area contributed by atoms with Gasteiger partial charge in [0.15, 0.2) is 5.96 Å². The first-order valence-electron chi connectivity index (χ1n) is 5.21. The minimum Gasteiger partial charge on any atom is -0.495 e. The van der Waals surface area contributed by atoms with Crippen LogP contribution >= 0.6 is 28.6 Å². The normalized spacial score (nSPS) is 9.16. The van der Waals surface area contributed by atoms with Gasteiger partial charge in [0, 0.05) is 11.4 Å². The summed E-state index contributed by atoms with van der Waals surface area (Å²) >= 11 is 5.84. The molecular formula is C11H16BrClN4O2. The Kier molecular flexibility index (Phi) is 7.94. The van der Waals surface area contributed by atoms with Crippen LogP contribution in [0.15, 0.2) is 23.2 Å². The number of carbonyl (C=O) groups excluding carboxylic acids is 1. The van der Waals surface area contributed by atoms with Crippen LogP contribution in [-0.4, -0.2) is 25.5 Å². The first kappa shape index (κ1) is 17.5. The molecule has 0 unspecified atom stereocenters. The minimum absolute atomic E-state index is 0. The molecule has 0 saturated heterocycles. The van der Waals surface area contributed by atoms with Crippen molar-refractivity contribution in [2.45, 2.75) is 6.42 Å². The van der Waals surface area contributed by atoms with Gasteiger partial charge in [-0.2, -0.15) is 0 Å². The summed E-state index contributed by atoms with van der Waals surface area (Å²) in [4.78, 5) is 15.3. The summed E-state index contributed by atoms with van der Waals surface area (Å²) in [6.45, 7) is 0.233. The smallest absolute Gasteiger partial charge is 0.226 e. The van der Waals surface area contributed by atoms with Crippen LogP contribution in [-0.2, 0) is 4.79 Å². The molecule has 0 heterocycles. The second-order valence-electron chi connectivity index (χ2n) is 3.45. The summed E-state index contributed by atoms with van der Waals surface area (Å²) in [7, 11) is 1.51. The molecule has 0 aliphatic rings. The third-order valence-corrected chi connectivity index (χ3v) is 2.30. The fraction of sp³-hybridized carbons (Fsp3) is 0.273. The first-order chi connectivity index (χ1) is 8.52. The maximum atomic E-state index is 11.6. The largest absolute Gasteiger partial charge is 0.495 e. The number of ether oxygens (including phenoxy) is 1. The van der Waals surface area contributed by atoms with Crippen molar-refractivity contribution < 1.29 is 9.53 Å². The fourth-order valence-electron chi connectivity index (χ4n) is 1.28. The van der Waals surface area contributed by atoms with E-state index < -0.39 is 0 Å². The summed E-state index contributed by atoms with van der Waals surface area (Å²) in [5.74, 6) is 0.276. The van der Waals surface area contributed by atoms with E-state index >= 15 is 0 Å². The van der Waals surface area contributed by atoms with Gasteiger partial charge in [0.1, 0.15) is 5.75 Å². The average molecular weight is 352 g/mol. The zero-order chi connectivity index (χ0) is 13.5. The molecule has 19 heavy (non-hydrogen) atoms. The van der Waals surface area contributed by atoms with Crippen molar-refractivity contribution in [1.82, 2.24) is 0 Å². The van der Waals surface area contributed by atoms with Crippen LogP contribution in [0.5, 0.6) is 5.75 Å². The van der Waals surface area contributed by atoms with E-state index in [1.165, 1.54) is 7.11 Å². The number of anilines is 1. The van der Waals surface area contributed by atoms with Gasteiger partial charge in [-0.05, 0) is 18.2 Å². The van der Waals surface area contributed by atoms with Crippen LogP contribution in [0.4, 0.5) is 5.69 Å². The van der Waals surface area contributed by atoms with Crippen molar-refractivity contribution in [2.75, 3.05) is 19.0 Å². The summed E-state index contributed by atoms with van der Waals surface area (Å²) in [5, 5.41) is 3.19. The minimum atomic E-state index is -0.222. The van der Waals surface area contributed by atoms with Crippen LogP contribution in [0.1, 0.15) is 6.42 Å². The lowest BCUT2D eigenvalue weighted by molar-refractivity contribution is -0.116. The Hall–Kier alpha value is -1.47. The van der Waals surface area contributed by atoms with Gasteiger partial charge in [0.05, 0.1) is 19.3 Å². The fourth-order valence-corrected chi connectivity index (χ4v) is 1.45. The molecule has 1 amide bonds. The van der Waals surface area contributed by atoms with Crippen molar-refractivity contribution in [1.29, 1.82) is 0 Å². The third kappa shape index (κ3) is 6.30. The Bertz CT molecular complexity index is 464. The van der Waals surface area contributed by atoms with Crippen molar-refractivity contribution in [3.63, 3.8) is 0 Å². The van der Waals surface area contributed by atoms with Gasteiger partial charge in [0.25, 0.3) is 0 Å². The number of nitrogens with one attached hydrogen (secondary N) is 1. The van der Waals surface area contributed by atoms with Gasteiger partial charge in [-0.25, -0.2) is 0 Å². The van der Waals surface area contributed by atoms with E-state index in [-0.39, 0.29) is 41.8 Å². The van der Waals surface area contributed by atoms with Crippen LogP contribution < -0.4 is 21.5 Å². The number of rotatable bonds is 5. The van der Waals surface area contributed by atoms with E-state index in [0.29, 0.717) is 16.5 Å². The predicted octanol–water partition coefficient (Wildman–Crippen LogP) is 1.53. The van der Waals surface area contributed by atoms with E-state index in [9.17, 15) is 4.79 Å². The van der Waals surface area contributed by atoms with Gasteiger partial charge in [-0.1, -0.05) is 11.6 Å². The number of halogens is 2. The average Bonchev–Trinajstić information content (AvgIpc) is 2.28. The number of hydrogen-bond acceptors (Lipinski definition) is 3. The monoisotopic (exact) mass is 350 g/mol. The number of aliphatic imine (C=N–C) groups is 1. The molecule has 1 aromatic carbocycles. The molecule has 8 heteroatoms. The van der Waals surface area contributed by atoms with Crippen molar-refractivity contribution in [3.8, 4) is 5.75 Å². The molecule has 1 rings (SSSR count). The Balaban J connectivity index is 0.00000324. The maximum absolute atomic E-state index is 11.6. The predicted molar refractivity (Wildman–Crippen MR) is 82.2 cm³/mol. The van der Waals surface area contributed by atoms with Crippen LogP contribution in [0.25, 0.3) is 0 Å². The molecule has 0 fully saturated rings. The highest BCUT2D eigenvalue weighted by molar-refractivity contribution is 8.93. The number of nitrogens with two attached hydrogens (primary N) is 2. The highest BCUT2D eigenvalue weighted by atomic mass is 79.9. The zero-order valence-electron chi connectivity index (χ0n) is 10.4. The molecule has 106 valence electrons. The summed E-state index contributed by atoms with van der Waals surface area (Å²) in [6.07, 6.45) is 0.174. The molecule has 6 nitrogen and oxygen atoms in total. The molecule has 0 saturated carbocycles. The number of benzene rings is 1. The third-order valence-electron chi connectivity index (χ3n) is 2.07. The quantitative estimate of drug-likeness (QED) is 0.553. The van der Waals surface area contributed by atoms with Crippen LogP contribution in [0, 0.1) is 0 Å². The molecule has 1 aromatic rings. The van der Waals surface area contributed by atoms with E-state index in [4.69, 9.17) is 27.8 Å². The standard InChI is InChI=1S/C11H15ClN4O2.BrH/c1-18-9-3-2-7(12)6-8(9)16-10(17)4-5-15-11(13)14;/h2-3,6H,4-5H2,1H3,(H,16,17)(H4,13,14,15);1H. The Morgan fingerprint density at radius 1 is 1.47 bits per heavy atom. The highest BCUT2D eigenvalue weighted by Gasteiger charge is 2.07. The number of carbonyl (C=O) groups is 1. The number of guanidine groups is 1. The van der Waals surface area contributed by atoms with E-state index in [2.05, 4.69) is 10.3 Å². The molecule has 0 spiro atoms. The van der Waals surface area contributed by atoms with Gasteiger partial charge in [-0.15, -0.1) is 17.0 Å². The lowest BCUT2D eigenvalue weighted by Crippen LogP contribution is -2.23. The molecule has 0 radical (unpaired) electrons. The van der Waals surface area contributed by atoms with Gasteiger partial charge in [-0.3, -0.25) is 9.79 Å². The maximum Gasteiger partial charge on any atom is 0.226 e. The summed E-state index contributed by atoms with van der Waals surface area (Å²) < 4.78 is 5.10. The molecule has 0 aliphatic heterocycles. The van der Waals surface area contributed by atoms with E-state index in [1.807, 2.05) is 0 Å². The summed E-state index contributed by atoms with van der Waals surface area (Å²) in [5.41, 5.74) is 10.8. The Labute approximate surface area is 126 Å².